The summed E-state index contributed by atoms with van der Waals surface area (Å²) in [7, 11) is 1.26. The van der Waals surface area contributed by atoms with Crippen molar-refractivity contribution in [1.29, 1.82) is 0 Å². The molecule has 1 aromatic rings. The maximum atomic E-state index is 11.3. The Morgan fingerprint density at radius 3 is 2.39 bits per heavy atom. The highest BCUT2D eigenvalue weighted by Crippen LogP contribution is 2.40. The van der Waals surface area contributed by atoms with Gasteiger partial charge in [-0.15, -0.1) is 0 Å². The maximum absolute atomic E-state index is 11.3. The van der Waals surface area contributed by atoms with Gasteiger partial charge in [0.1, 0.15) is 5.75 Å². The molecule has 0 unspecified atom stereocenters. The fraction of sp³-hybridized carbons (Fsp3) is 0.200. The average Bonchev–Trinajstić information content (AvgIpc) is 2.27. The van der Waals surface area contributed by atoms with Gasteiger partial charge < -0.3 is 15.2 Å². The predicted molar refractivity (Wildman–Crippen MR) is 75.6 cm³/mol. The number of benzene rings is 1. The van der Waals surface area contributed by atoms with Crippen LogP contribution in [0.15, 0.2) is 19.5 Å². The Morgan fingerprint density at radius 2 is 1.89 bits per heavy atom. The lowest BCUT2D eigenvalue weighted by Crippen LogP contribution is -2.16. The van der Waals surface area contributed by atoms with Crippen molar-refractivity contribution in [2.45, 2.75) is 0 Å². The molecule has 5 nitrogen and oxygen atoms in total. The average molecular weight is 446 g/mol. The zero-order chi connectivity index (χ0) is 13.9. The quantitative estimate of drug-likeness (QED) is 0.723. The van der Waals surface area contributed by atoms with Crippen molar-refractivity contribution in [3.63, 3.8) is 0 Å². The Balaban J connectivity index is 3.15. The van der Waals surface area contributed by atoms with Crippen molar-refractivity contribution < 1.29 is 19.1 Å². The molecule has 1 amide bonds. The lowest BCUT2D eigenvalue weighted by molar-refractivity contribution is -0.142. The van der Waals surface area contributed by atoms with E-state index in [2.05, 4.69) is 52.5 Å². The molecule has 0 fully saturated rings. The third-order valence-electron chi connectivity index (χ3n) is 1.94. The summed E-state index contributed by atoms with van der Waals surface area (Å²) < 4.78 is 11.2. The van der Waals surface area contributed by atoms with Gasteiger partial charge in [0.2, 0.25) is 0 Å². The van der Waals surface area contributed by atoms with Crippen LogP contribution in [0.3, 0.4) is 0 Å². The molecule has 0 spiro atoms. The number of carbonyl (C=O) groups is 2. The predicted octanol–water partition coefficient (Wildman–Crippen LogP) is 2.62. The van der Waals surface area contributed by atoms with Gasteiger partial charge in [0.15, 0.2) is 6.61 Å². The topological polar surface area (TPSA) is 78.6 Å². The molecule has 0 aliphatic rings. The highest BCUT2D eigenvalue weighted by Gasteiger charge is 2.19. The van der Waals surface area contributed by atoms with E-state index >= 15 is 0 Å². The zero-order valence-corrected chi connectivity index (χ0v) is 13.9. The number of methoxy groups -OCH3 is 1. The van der Waals surface area contributed by atoms with Crippen LogP contribution in [-0.2, 0) is 9.53 Å². The number of halogens is 3. The number of primary amides is 1. The monoisotopic (exact) mass is 443 g/mol. The van der Waals surface area contributed by atoms with E-state index in [9.17, 15) is 9.59 Å². The van der Waals surface area contributed by atoms with Crippen molar-refractivity contribution in [1.82, 2.24) is 0 Å². The van der Waals surface area contributed by atoms with Crippen molar-refractivity contribution in [3.05, 3.63) is 25.0 Å². The second-order valence-corrected chi connectivity index (χ2v) is 5.59. The van der Waals surface area contributed by atoms with Gasteiger partial charge >= 0.3 is 5.97 Å². The molecule has 2 N–H and O–H groups in total. The summed E-state index contributed by atoms with van der Waals surface area (Å²) in [6, 6.07) is 1.61. The van der Waals surface area contributed by atoms with Gasteiger partial charge in [0.05, 0.1) is 21.6 Å². The van der Waals surface area contributed by atoms with Crippen LogP contribution in [0.2, 0.25) is 0 Å². The number of hydrogen-bond donors (Lipinski definition) is 1. The first-order valence-corrected chi connectivity index (χ1v) is 6.93. The number of ether oxygens (including phenoxy) is 2. The van der Waals surface area contributed by atoms with Crippen LogP contribution in [0, 0.1) is 0 Å². The van der Waals surface area contributed by atoms with E-state index in [4.69, 9.17) is 10.5 Å². The summed E-state index contributed by atoms with van der Waals surface area (Å²) in [6.07, 6.45) is 0. The van der Waals surface area contributed by atoms with Crippen LogP contribution in [0.4, 0.5) is 0 Å². The third-order valence-corrected chi connectivity index (χ3v) is 3.91. The largest absolute Gasteiger partial charge is 0.480 e. The molecule has 0 aliphatic carbocycles. The van der Waals surface area contributed by atoms with Gasteiger partial charge in [-0.3, -0.25) is 4.79 Å². The second-order valence-electron chi connectivity index (χ2n) is 3.09. The van der Waals surface area contributed by atoms with Gasteiger partial charge in [0.25, 0.3) is 5.91 Å². The maximum Gasteiger partial charge on any atom is 0.343 e. The smallest absolute Gasteiger partial charge is 0.343 e. The highest BCUT2D eigenvalue weighted by molar-refractivity contribution is 9.11. The molecule has 8 heteroatoms. The van der Waals surface area contributed by atoms with E-state index in [0.717, 1.165) is 0 Å². The molecule has 0 heterocycles. The summed E-state index contributed by atoms with van der Waals surface area (Å²) in [5.74, 6) is -0.848. The van der Waals surface area contributed by atoms with Gasteiger partial charge in [-0.25, -0.2) is 4.79 Å². The minimum absolute atomic E-state index is 0.234. The Labute approximate surface area is 128 Å². The molecule has 0 atom stereocenters. The standard InChI is InChI=1S/C10H8Br3NO4/c1-17-6(15)3-18-9-5(12)2-4(11)7(8(9)13)10(14)16/h2H,3H2,1H3,(H2,14,16). The number of hydrogen-bond acceptors (Lipinski definition) is 4. The number of esters is 1. The fourth-order valence-corrected chi connectivity index (χ4v) is 3.86. The van der Waals surface area contributed by atoms with Crippen LogP contribution < -0.4 is 10.5 Å². The van der Waals surface area contributed by atoms with E-state index in [1.165, 1.54) is 7.11 Å². The molecular formula is C10H8Br3NO4. The molecule has 0 saturated heterocycles. The molecule has 0 radical (unpaired) electrons. The van der Waals surface area contributed by atoms with Gasteiger partial charge in [-0.05, 0) is 53.9 Å². The van der Waals surface area contributed by atoms with Crippen molar-refractivity contribution in [3.8, 4) is 5.75 Å². The first kappa shape index (κ1) is 15.5. The molecule has 0 bridgehead atoms. The molecular weight excluding hydrogens is 438 g/mol. The first-order chi connectivity index (χ1) is 8.38. The second kappa shape index (κ2) is 6.53. The summed E-state index contributed by atoms with van der Waals surface area (Å²) in [5, 5.41) is 0. The molecule has 0 aliphatic heterocycles. The van der Waals surface area contributed by atoms with Crippen molar-refractivity contribution in [2.75, 3.05) is 13.7 Å². The number of carbonyl (C=O) groups excluding carboxylic acids is 2. The highest BCUT2D eigenvalue weighted by atomic mass is 79.9. The first-order valence-electron chi connectivity index (χ1n) is 4.55. The van der Waals surface area contributed by atoms with Gasteiger partial charge in [0, 0.05) is 4.47 Å². The number of amides is 1. The minimum atomic E-state index is -0.621. The van der Waals surface area contributed by atoms with Crippen molar-refractivity contribution >= 4 is 59.7 Å². The van der Waals surface area contributed by atoms with Crippen LogP contribution in [-0.4, -0.2) is 25.6 Å². The summed E-state index contributed by atoms with van der Waals surface area (Å²) in [6.45, 7) is -0.270. The van der Waals surface area contributed by atoms with Gasteiger partial charge in [-0.2, -0.15) is 0 Å². The molecule has 98 valence electrons. The fourth-order valence-electron chi connectivity index (χ4n) is 1.12. The molecule has 0 saturated carbocycles. The van der Waals surface area contributed by atoms with E-state index in [0.29, 0.717) is 19.2 Å². The van der Waals surface area contributed by atoms with Crippen LogP contribution in [0.5, 0.6) is 5.75 Å². The Bertz CT molecular complexity index is 504. The lowest BCUT2D eigenvalue weighted by atomic mass is 10.2. The SMILES string of the molecule is COC(=O)COc1c(Br)cc(Br)c(C(N)=O)c1Br. The summed E-state index contributed by atoms with van der Waals surface area (Å²) in [5.41, 5.74) is 5.49. The van der Waals surface area contributed by atoms with Crippen LogP contribution in [0.25, 0.3) is 0 Å². The van der Waals surface area contributed by atoms with Crippen molar-refractivity contribution in [2.24, 2.45) is 5.73 Å². The Kier molecular flexibility index (Phi) is 5.61. The lowest BCUT2D eigenvalue weighted by Gasteiger charge is -2.13. The molecule has 1 aromatic carbocycles. The molecule has 0 aromatic heterocycles. The number of nitrogens with two attached hydrogens (primary N) is 1. The summed E-state index contributed by atoms with van der Waals surface area (Å²) >= 11 is 9.70. The summed E-state index contributed by atoms with van der Waals surface area (Å²) in [4.78, 5) is 22.3. The Morgan fingerprint density at radius 1 is 1.28 bits per heavy atom. The third kappa shape index (κ3) is 3.46. The minimum Gasteiger partial charge on any atom is -0.480 e. The number of rotatable bonds is 4. The van der Waals surface area contributed by atoms with E-state index in [1.54, 1.807) is 6.07 Å². The molecule has 18 heavy (non-hydrogen) atoms. The van der Waals surface area contributed by atoms with E-state index < -0.39 is 11.9 Å². The zero-order valence-electron chi connectivity index (χ0n) is 9.13. The Hall–Kier alpha value is -0.600. The van der Waals surface area contributed by atoms with Crippen LogP contribution in [0.1, 0.15) is 10.4 Å². The van der Waals surface area contributed by atoms with E-state index in [1.807, 2.05) is 0 Å². The van der Waals surface area contributed by atoms with Gasteiger partial charge in [-0.1, -0.05) is 0 Å². The molecule has 1 rings (SSSR count). The normalized spacial score (nSPS) is 10.0. The van der Waals surface area contributed by atoms with Crippen LogP contribution >= 0.6 is 47.8 Å². The van der Waals surface area contributed by atoms with E-state index in [-0.39, 0.29) is 12.2 Å².